The van der Waals surface area contributed by atoms with Crippen LogP contribution in [0.1, 0.15) is 33.7 Å². The number of methoxy groups -OCH3 is 1. The summed E-state index contributed by atoms with van der Waals surface area (Å²) in [7, 11) is 1.60. The molecule has 5 heteroatoms. The van der Waals surface area contributed by atoms with Gasteiger partial charge in [-0.2, -0.15) is 0 Å². The van der Waals surface area contributed by atoms with E-state index in [1.807, 2.05) is 16.3 Å². The van der Waals surface area contributed by atoms with Gasteiger partial charge in [-0.3, -0.25) is 4.79 Å². The Balaban J connectivity index is 1.73. The van der Waals surface area contributed by atoms with Crippen molar-refractivity contribution < 1.29 is 13.9 Å². The van der Waals surface area contributed by atoms with Crippen LogP contribution in [0.2, 0.25) is 0 Å². The van der Waals surface area contributed by atoms with Gasteiger partial charge in [0.2, 0.25) is 0 Å². The number of hydrogen-bond acceptors (Lipinski definition) is 4. The van der Waals surface area contributed by atoms with Crippen molar-refractivity contribution in [2.75, 3.05) is 13.7 Å². The lowest BCUT2D eigenvalue weighted by Crippen LogP contribution is -2.44. The minimum Gasteiger partial charge on any atom is -0.453 e. The van der Waals surface area contributed by atoms with Gasteiger partial charge in [-0.15, -0.1) is 11.3 Å². The minimum atomic E-state index is -0.0352. The van der Waals surface area contributed by atoms with Crippen LogP contribution in [-0.4, -0.2) is 24.5 Å². The van der Waals surface area contributed by atoms with Crippen LogP contribution in [0.25, 0.3) is 0 Å². The molecule has 1 atom stereocenters. The predicted molar refractivity (Wildman–Crippen MR) is 72.1 cm³/mol. The summed E-state index contributed by atoms with van der Waals surface area (Å²) in [5.41, 5.74) is 0. The maximum atomic E-state index is 12.3. The van der Waals surface area contributed by atoms with Crippen LogP contribution >= 0.6 is 11.3 Å². The van der Waals surface area contributed by atoms with Crippen molar-refractivity contribution in [1.29, 1.82) is 0 Å². The van der Waals surface area contributed by atoms with Gasteiger partial charge in [-0.25, -0.2) is 0 Å². The van der Waals surface area contributed by atoms with E-state index in [2.05, 4.69) is 6.07 Å². The van der Waals surface area contributed by atoms with Gasteiger partial charge in [0.15, 0.2) is 5.76 Å². The summed E-state index contributed by atoms with van der Waals surface area (Å²) >= 11 is 1.69. The third kappa shape index (κ3) is 2.31. The van der Waals surface area contributed by atoms with Crippen LogP contribution < -0.4 is 0 Å². The van der Waals surface area contributed by atoms with Crippen LogP contribution in [0.3, 0.4) is 0 Å². The Labute approximate surface area is 115 Å². The zero-order valence-electron chi connectivity index (χ0n) is 10.7. The number of hydrogen-bond donors (Lipinski definition) is 0. The summed E-state index contributed by atoms with van der Waals surface area (Å²) < 4.78 is 10.5. The molecule has 2 aromatic rings. The first-order valence-electron chi connectivity index (χ1n) is 6.21. The van der Waals surface area contributed by atoms with Gasteiger partial charge in [0.1, 0.15) is 12.4 Å². The molecule has 4 nitrogen and oxygen atoms in total. The zero-order chi connectivity index (χ0) is 13.2. The van der Waals surface area contributed by atoms with Gasteiger partial charge in [0.25, 0.3) is 5.91 Å². The lowest BCUT2D eigenvalue weighted by Gasteiger charge is -2.39. The number of thiophene rings is 1. The molecule has 1 aliphatic rings. The molecule has 1 saturated heterocycles. The molecular formula is C14H15NO3S. The van der Waals surface area contributed by atoms with E-state index in [4.69, 9.17) is 9.15 Å². The summed E-state index contributed by atoms with van der Waals surface area (Å²) in [6.45, 7) is 1.18. The molecule has 0 radical (unpaired) electrons. The summed E-state index contributed by atoms with van der Waals surface area (Å²) in [6.07, 6.45) is 1.03. The normalized spacial score (nSPS) is 18.4. The van der Waals surface area contributed by atoms with Crippen molar-refractivity contribution in [3.05, 3.63) is 46.0 Å². The van der Waals surface area contributed by atoms with Crippen LogP contribution in [0.5, 0.6) is 0 Å². The number of carbonyl (C=O) groups is 1. The van der Waals surface area contributed by atoms with Crippen LogP contribution in [0.4, 0.5) is 0 Å². The average molecular weight is 277 g/mol. The Morgan fingerprint density at radius 2 is 2.42 bits per heavy atom. The van der Waals surface area contributed by atoms with Crippen LogP contribution in [0.15, 0.2) is 34.1 Å². The fourth-order valence-corrected chi connectivity index (χ4v) is 3.13. The molecule has 1 fully saturated rings. The van der Waals surface area contributed by atoms with E-state index in [9.17, 15) is 4.79 Å². The molecule has 3 rings (SSSR count). The summed E-state index contributed by atoms with van der Waals surface area (Å²) in [5.74, 6) is 1.04. The molecule has 2 aromatic heterocycles. The van der Waals surface area contributed by atoms with E-state index >= 15 is 0 Å². The fourth-order valence-electron chi connectivity index (χ4n) is 2.26. The third-order valence-corrected chi connectivity index (χ3v) is 4.28. The van der Waals surface area contributed by atoms with Crippen molar-refractivity contribution in [1.82, 2.24) is 4.90 Å². The molecule has 3 heterocycles. The molecule has 1 amide bonds. The second-order valence-corrected chi connectivity index (χ2v) is 5.50. The molecule has 0 N–H and O–H groups in total. The van der Waals surface area contributed by atoms with Gasteiger partial charge in [-0.1, -0.05) is 6.07 Å². The van der Waals surface area contributed by atoms with Gasteiger partial charge >= 0.3 is 0 Å². The lowest BCUT2D eigenvalue weighted by molar-refractivity contribution is 0.0429. The topological polar surface area (TPSA) is 42.7 Å². The Hall–Kier alpha value is -1.59. The number of amides is 1. The molecule has 19 heavy (non-hydrogen) atoms. The average Bonchev–Trinajstić information content (AvgIpc) is 2.99. The third-order valence-electron chi connectivity index (χ3n) is 3.31. The number of rotatable bonds is 4. The van der Waals surface area contributed by atoms with Crippen LogP contribution in [-0.2, 0) is 11.3 Å². The Kier molecular flexibility index (Phi) is 3.40. The van der Waals surface area contributed by atoms with E-state index in [1.165, 1.54) is 4.88 Å². The van der Waals surface area contributed by atoms with Crippen molar-refractivity contribution in [2.45, 2.75) is 19.1 Å². The largest absolute Gasteiger partial charge is 0.453 e. The monoisotopic (exact) mass is 277 g/mol. The quantitative estimate of drug-likeness (QED) is 0.862. The Morgan fingerprint density at radius 3 is 3.05 bits per heavy atom. The van der Waals surface area contributed by atoms with Crippen LogP contribution in [0, 0.1) is 0 Å². The molecule has 0 spiro atoms. The highest BCUT2D eigenvalue weighted by atomic mass is 32.1. The highest BCUT2D eigenvalue weighted by Gasteiger charge is 2.35. The second-order valence-electron chi connectivity index (χ2n) is 4.52. The highest BCUT2D eigenvalue weighted by Crippen LogP contribution is 2.36. The van der Waals surface area contributed by atoms with Gasteiger partial charge in [0.05, 0.1) is 6.04 Å². The predicted octanol–water partition coefficient (Wildman–Crippen LogP) is 3.07. The zero-order valence-corrected chi connectivity index (χ0v) is 11.5. The molecule has 0 aliphatic carbocycles. The standard InChI is InChI=1S/C14H15NO3S/c1-17-9-10-4-5-12(18-10)14(16)15-7-6-11(15)13-3-2-8-19-13/h2-5,8,11H,6-7,9H2,1H3/t11-/m0/s1. The van der Waals surface area contributed by atoms with Gasteiger partial charge in [-0.05, 0) is 30.0 Å². The first-order valence-corrected chi connectivity index (χ1v) is 7.09. The van der Waals surface area contributed by atoms with E-state index in [-0.39, 0.29) is 11.9 Å². The number of nitrogens with zero attached hydrogens (tertiary/aromatic N) is 1. The first-order chi connectivity index (χ1) is 9.29. The number of ether oxygens (including phenoxy) is 1. The van der Waals surface area contributed by atoms with E-state index in [1.54, 1.807) is 30.6 Å². The fraction of sp³-hybridized carbons (Fsp3) is 0.357. The first kappa shape index (κ1) is 12.4. The maximum absolute atomic E-state index is 12.3. The molecule has 0 saturated carbocycles. The van der Waals surface area contributed by atoms with Crippen molar-refractivity contribution in [2.24, 2.45) is 0 Å². The Morgan fingerprint density at radius 1 is 1.53 bits per heavy atom. The van der Waals surface area contributed by atoms with Gasteiger partial charge in [0, 0.05) is 18.5 Å². The van der Waals surface area contributed by atoms with E-state index in [0.29, 0.717) is 18.1 Å². The highest BCUT2D eigenvalue weighted by molar-refractivity contribution is 7.10. The molecule has 0 unspecified atom stereocenters. The molecule has 0 aromatic carbocycles. The molecule has 100 valence electrons. The lowest BCUT2D eigenvalue weighted by atomic mass is 10.0. The van der Waals surface area contributed by atoms with Crippen molar-refractivity contribution in [3.63, 3.8) is 0 Å². The van der Waals surface area contributed by atoms with Gasteiger partial charge < -0.3 is 14.1 Å². The molecular weight excluding hydrogens is 262 g/mol. The minimum absolute atomic E-state index is 0.0352. The molecule has 1 aliphatic heterocycles. The smallest absolute Gasteiger partial charge is 0.290 e. The van der Waals surface area contributed by atoms with E-state index in [0.717, 1.165) is 13.0 Å². The number of likely N-dealkylation sites (tertiary alicyclic amines) is 1. The van der Waals surface area contributed by atoms with E-state index < -0.39 is 0 Å². The Bertz CT molecular complexity index is 561. The summed E-state index contributed by atoms with van der Waals surface area (Å²) in [5, 5.41) is 2.04. The molecule has 0 bridgehead atoms. The number of furan rings is 1. The summed E-state index contributed by atoms with van der Waals surface area (Å²) in [4.78, 5) is 15.4. The SMILES string of the molecule is COCc1ccc(C(=O)N2CC[C@H]2c2cccs2)o1. The second kappa shape index (κ2) is 5.19. The number of carbonyl (C=O) groups excluding carboxylic acids is 1. The maximum Gasteiger partial charge on any atom is 0.290 e. The van der Waals surface area contributed by atoms with Crippen molar-refractivity contribution >= 4 is 17.2 Å². The summed E-state index contributed by atoms with van der Waals surface area (Å²) in [6, 6.07) is 7.82. The van der Waals surface area contributed by atoms with Crippen molar-refractivity contribution in [3.8, 4) is 0 Å².